The molecule has 0 unspecified atom stereocenters. The van der Waals surface area contributed by atoms with Gasteiger partial charge in [-0.15, -0.1) is 0 Å². The molecule has 0 saturated heterocycles. The summed E-state index contributed by atoms with van der Waals surface area (Å²) in [7, 11) is 0. The van der Waals surface area contributed by atoms with Crippen LogP contribution in [0.1, 0.15) is 5.56 Å². The van der Waals surface area contributed by atoms with Crippen molar-refractivity contribution in [1.29, 1.82) is 0 Å². The number of nitrogens with two attached hydrogens (primary N) is 1. The van der Waals surface area contributed by atoms with Crippen molar-refractivity contribution in [3.63, 3.8) is 0 Å². The second-order valence-electron chi connectivity index (χ2n) is 2.90. The summed E-state index contributed by atoms with van der Waals surface area (Å²) in [6, 6.07) is 5.60. The lowest BCUT2D eigenvalue weighted by molar-refractivity contribution is 0.145. The Balaban J connectivity index is 2.39. The average molecular weight is 234 g/mol. The van der Waals surface area contributed by atoms with Gasteiger partial charge in [0.1, 0.15) is 0 Å². The first-order valence-electron chi connectivity index (χ1n) is 4.46. The van der Waals surface area contributed by atoms with Crippen LogP contribution in [0.4, 0.5) is 0 Å². The molecular formula is C10H13Cl2NO. The van der Waals surface area contributed by atoms with Crippen LogP contribution in [-0.2, 0) is 11.2 Å². The van der Waals surface area contributed by atoms with Gasteiger partial charge in [-0.3, -0.25) is 0 Å². The van der Waals surface area contributed by atoms with Crippen molar-refractivity contribution in [3.8, 4) is 0 Å². The van der Waals surface area contributed by atoms with Crippen molar-refractivity contribution in [3.05, 3.63) is 33.8 Å². The molecule has 0 atom stereocenters. The van der Waals surface area contributed by atoms with Crippen molar-refractivity contribution in [2.24, 2.45) is 5.73 Å². The summed E-state index contributed by atoms with van der Waals surface area (Å²) in [5.74, 6) is 0. The summed E-state index contributed by atoms with van der Waals surface area (Å²) in [6.45, 7) is 1.82. The Morgan fingerprint density at radius 2 is 1.93 bits per heavy atom. The first kappa shape index (κ1) is 11.8. The first-order valence-corrected chi connectivity index (χ1v) is 5.21. The molecule has 0 aliphatic carbocycles. The van der Waals surface area contributed by atoms with E-state index in [1.165, 1.54) is 0 Å². The Bertz CT molecular complexity index is 291. The van der Waals surface area contributed by atoms with Gasteiger partial charge in [0, 0.05) is 6.54 Å². The highest BCUT2D eigenvalue weighted by Gasteiger charge is 1.99. The number of halogens is 2. The largest absolute Gasteiger partial charge is 0.380 e. The normalized spacial score (nSPS) is 10.5. The maximum Gasteiger partial charge on any atom is 0.0595 e. The van der Waals surface area contributed by atoms with Crippen LogP contribution in [0.15, 0.2) is 18.2 Å². The van der Waals surface area contributed by atoms with E-state index in [4.69, 9.17) is 33.7 Å². The van der Waals surface area contributed by atoms with Crippen molar-refractivity contribution in [2.75, 3.05) is 19.8 Å². The summed E-state index contributed by atoms with van der Waals surface area (Å²) < 4.78 is 5.26. The summed E-state index contributed by atoms with van der Waals surface area (Å²) in [5, 5.41) is 1.17. The van der Waals surface area contributed by atoms with Gasteiger partial charge in [0.25, 0.3) is 0 Å². The van der Waals surface area contributed by atoms with Gasteiger partial charge in [0.15, 0.2) is 0 Å². The van der Waals surface area contributed by atoms with Crippen molar-refractivity contribution >= 4 is 23.2 Å². The molecule has 0 fully saturated rings. The number of hydrogen-bond donors (Lipinski definition) is 1. The highest BCUT2D eigenvalue weighted by atomic mass is 35.5. The van der Waals surface area contributed by atoms with Crippen LogP contribution in [0.3, 0.4) is 0 Å². The number of hydrogen-bond acceptors (Lipinski definition) is 2. The second kappa shape index (κ2) is 6.25. The van der Waals surface area contributed by atoms with E-state index in [-0.39, 0.29) is 0 Å². The van der Waals surface area contributed by atoms with Crippen LogP contribution < -0.4 is 5.73 Å². The van der Waals surface area contributed by atoms with Gasteiger partial charge in [-0.25, -0.2) is 0 Å². The van der Waals surface area contributed by atoms with Crippen molar-refractivity contribution in [2.45, 2.75) is 6.42 Å². The maximum absolute atomic E-state index is 5.86. The second-order valence-corrected chi connectivity index (χ2v) is 3.71. The minimum atomic E-state index is 0.557. The molecule has 0 heterocycles. The zero-order valence-corrected chi connectivity index (χ0v) is 9.31. The van der Waals surface area contributed by atoms with E-state index < -0.39 is 0 Å². The van der Waals surface area contributed by atoms with E-state index in [0.717, 1.165) is 12.0 Å². The van der Waals surface area contributed by atoms with Gasteiger partial charge < -0.3 is 10.5 Å². The van der Waals surface area contributed by atoms with Crippen molar-refractivity contribution in [1.82, 2.24) is 0 Å². The minimum absolute atomic E-state index is 0.557. The van der Waals surface area contributed by atoms with Crippen LogP contribution >= 0.6 is 23.2 Å². The maximum atomic E-state index is 5.86. The summed E-state index contributed by atoms with van der Waals surface area (Å²) in [6.07, 6.45) is 0.830. The molecule has 0 bridgehead atoms. The molecule has 1 rings (SSSR count). The van der Waals surface area contributed by atoms with Crippen molar-refractivity contribution < 1.29 is 4.74 Å². The van der Waals surface area contributed by atoms with Crippen LogP contribution in [-0.4, -0.2) is 19.8 Å². The van der Waals surface area contributed by atoms with E-state index in [0.29, 0.717) is 29.8 Å². The Hall–Kier alpha value is -0.280. The van der Waals surface area contributed by atoms with Gasteiger partial charge in [-0.05, 0) is 24.1 Å². The molecule has 1 aromatic rings. The highest BCUT2D eigenvalue weighted by molar-refractivity contribution is 6.42. The molecule has 2 nitrogen and oxygen atoms in total. The lowest BCUT2D eigenvalue weighted by Gasteiger charge is -2.04. The predicted octanol–water partition coefficient (Wildman–Crippen LogP) is 2.51. The molecule has 0 aliphatic heterocycles. The molecule has 1 aromatic carbocycles. The number of rotatable bonds is 5. The van der Waals surface area contributed by atoms with E-state index in [9.17, 15) is 0 Å². The van der Waals surface area contributed by atoms with E-state index in [2.05, 4.69) is 0 Å². The van der Waals surface area contributed by atoms with Crippen LogP contribution in [0, 0.1) is 0 Å². The third kappa shape index (κ3) is 3.84. The lowest BCUT2D eigenvalue weighted by atomic mass is 10.2. The van der Waals surface area contributed by atoms with E-state index in [1.807, 2.05) is 12.1 Å². The third-order valence-electron chi connectivity index (χ3n) is 1.78. The van der Waals surface area contributed by atoms with Crippen LogP contribution in [0.5, 0.6) is 0 Å². The monoisotopic (exact) mass is 233 g/mol. The molecule has 0 aliphatic rings. The Labute approximate surface area is 94.0 Å². The Morgan fingerprint density at radius 1 is 1.14 bits per heavy atom. The zero-order chi connectivity index (χ0) is 10.4. The number of benzene rings is 1. The fourth-order valence-electron chi connectivity index (χ4n) is 1.07. The lowest BCUT2D eigenvalue weighted by Crippen LogP contribution is -2.10. The Morgan fingerprint density at radius 3 is 2.57 bits per heavy atom. The molecule has 0 aromatic heterocycles. The molecule has 0 spiro atoms. The van der Waals surface area contributed by atoms with Gasteiger partial charge in [-0.2, -0.15) is 0 Å². The van der Waals surface area contributed by atoms with E-state index >= 15 is 0 Å². The van der Waals surface area contributed by atoms with Crippen LogP contribution in [0.25, 0.3) is 0 Å². The van der Waals surface area contributed by atoms with Crippen LogP contribution in [0.2, 0.25) is 10.0 Å². The zero-order valence-electron chi connectivity index (χ0n) is 7.80. The molecule has 2 N–H and O–H groups in total. The smallest absolute Gasteiger partial charge is 0.0595 e. The molecule has 78 valence electrons. The highest BCUT2D eigenvalue weighted by Crippen LogP contribution is 2.22. The fourth-order valence-corrected chi connectivity index (χ4v) is 1.39. The van der Waals surface area contributed by atoms with Gasteiger partial charge in [-0.1, -0.05) is 29.3 Å². The van der Waals surface area contributed by atoms with E-state index in [1.54, 1.807) is 6.07 Å². The molecule has 0 radical (unpaired) electrons. The SMILES string of the molecule is NCCOCCc1ccc(Cl)c(Cl)c1. The average Bonchev–Trinajstić information content (AvgIpc) is 2.18. The van der Waals surface area contributed by atoms with Gasteiger partial charge in [0.2, 0.25) is 0 Å². The molecule has 0 amide bonds. The Kier molecular flexibility index (Phi) is 5.26. The first-order chi connectivity index (χ1) is 6.74. The molecule has 4 heteroatoms. The summed E-state index contributed by atoms with van der Waals surface area (Å²) >= 11 is 11.6. The topological polar surface area (TPSA) is 35.2 Å². The van der Waals surface area contributed by atoms with Gasteiger partial charge in [0.05, 0.1) is 23.3 Å². The predicted molar refractivity (Wildman–Crippen MR) is 60.0 cm³/mol. The quantitative estimate of drug-likeness (QED) is 0.794. The fraction of sp³-hybridized carbons (Fsp3) is 0.400. The van der Waals surface area contributed by atoms with Gasteiger partial charge >= 0.3 is 0 Å². The molecule has 14 heavy (non-hydrogen) atoms. The minimum Gasteiger partial charge on any atom is -0.380 e. The standard InChI is InChI=1S/C10H13Cl2NO/c11-9-2-1-8(7-10(9)12)3-5-14-6-4-13/h1-2,7H,3-6,13H2. The summed E-state index contributed by atoms with van der Waals surface area (Å²) in [5.41, 5.74) is 6.41. The third-order valence-corrected chi connectivity index (χ3v) is 2.52. The molecule has 0 saturated carbocycles. The molecular weight excluding hydrogens is 221 g/mol. The number of ether oxygens (including phenoxy) is 1. The summed E-state index contributed by atoms with van der Waals surface area (Å²) in [4.78, 5) is 0.